The van der Waals surface area contributed by atoms with Crippen LogP contribution in [0.25, 0.3) is 0 Å². The van der Waals surface area contributed by atoms with Crippen LogP contribution in [0, 0.1) is 5.92 Å². The van der Waals surface area contributed by atoms with Crippen molar-refractivity contribution < 1.29 is 29.3 Å². The Bertz CT molecular complexity index is 586. The van der Waals surface area contributed by atoms with Gasteiger partial charge in [-0.3, -0.25) is 14.4 Å². The maximum atomic E-state index is 11.1. The molecule has 1 heterocycles. The number of carbonyl (C=O) groups is 3. The number of benzene rings is 1. The highest BCUT2D eigenvalue weighted by atomic mass is 16.5. The number of hydrogen-bond acceptors (Lipinski definition) is 5. The second kappa shape index (κ2) is 6.44. The molecule has 1 fully saturated rings. The summed E-state index contributed by atoms with van der Waals surface area (Å²) in [5.41, 5.74) is 5.46. The van der Waals surface area contributed by atoms with E-state index in [0.717, 1.165) is 0 Å². The lowest BCUT2D eigenvalue weighted by Crippen LogP contribution is -2.38. The molecule has 22 heavy (non-hydrogen) atoms. The first kappa shape index (κ1) is 15.8. The molecule has 1 aliphatic heterocycles. The zero-order valence-electron chi connectivity index (χ0n) is 11.6. The first-order valence-electron chi connectivity index (χ1n) is 6.63. The molecule has 3 atom stereocenters. The van der Waals surface area contributed by atoms with E-state index in [2.05, 4.69) is 5.32 Å². The van der Waals surface area contributed by atoms with Gasteiger partial charge in [0.2, 0.25) is 5.91 Å². The van der Waals surface area contributed by atoms with E-state index in [1.165, 1.54) is 24.3 Å². The molecule has 0 spiro atoms. The number of ether oxygens (including phenoxy) is 1. The lowest BCUT2D eigenvalue weighted by molar-refractivity contribution is -0.142. The van der Waals surface area contributed by atoms with Crippen LogP contribution in [0.15, 0.2) is 24.3 Å². The number of carboxylic acids is 2. The molecule has 1 aliphatic rings. The van der Waals surface area contributed by atoms with Gasteiger partial charge in [-0.2, -0.15) is 0 Å². The van der Waals surface area contributed by atoms with Crippen LogP contribution in [-0.4, -0.2) is 46.7 Å². The Hall–Kier alpha value is -2.61. The highest BCUT2D eigenvalue weighted by Crippen LogP contribution is 2.25. The van der Waals surface area contributed by atoms with Gasteiger partial charge in [-0.05, 0) is 24.3 Å². The Labute approximate surface area is 125 Å². The van der Waals surface area contributed by atoms with Crippen LogP contribution in [-0.2, 0) is 9.59 Å². The standard InChI is InChI=1S/C14H16N2O6/c15-13(19)7-1-3-8(4-2-7)22-10-6-16-12(14(20)21)9(10)5-11(17)18/h1-4,9-10,12,16H,5-6H2,(H2,15,19)(H,17,18)(H,20,21)/t9?,10-,12?/m1/s1. The highest BCUT2D eigenvalue weighted by Gasteiger charge is 2.42. The smallest absolute Gasteiger partial charge is 0.321 e. The van der Waals surface area contributed by atoms with Crippen molar-refractivity contribution in [3.8, 4) is 5.75 Å². The van der Waals surface area contributed by atoms with Crippen LogP contribution < -0.4 is 15.8 Å². The van der Waals surface area contributed by atoms with Crippen molar-refractivity contribution in [1.29, 1.82) is 0 Å². The fourth-order valence-corrected chi connectivity index (χ4v) is 2.48. The average molecular weight is 308 g/mol. The maximum Gasteiger partial charge on any atom is 0.321 e. The Morgan fingerprint density at radius 3 is 2.36 bits per heavy atom. The predicted molar refractivity (Wildman–Crippen MR) is 74.5 cm³/mol. The molecule has 8 heteroatoms. The topological polar surface area (TPSA) is 139 Å². The molecule has 1 aromatic rings. The largest absolute Gasteiger partial charge is 0.489 e. The fourth-order valence-electron chi connectivity index (χ4n) is 2.48. The molecule has 0 aromatic heterocycles. The van der Waals surface area contributed by atoms with Crippen LogP contribution in [0.1, 0.15) is 16.8 Å². The Kier molecular flexibility index (Phi) is 4.62. The molecule has 8 nitrogen and oxygen atoms in total. The first-order chi connectivity index (χ1) is 10.4. The van der Waals surface area contributed by atoms with Crippen LogP contribution in [0.4, 0.5) is 0 Å². The Balaban J connectivity index is 2.11. The second-order valence-corrected chi connectivity index (χ2v) is 5.03. The number of carboxylic acid groups (broad SMARTS) is 2. The lowest BCUT2D eigenvalue weighted by atomic mass is 9.94. The molecule has 2 unspecified atom stereocenters. The zero-order valence-corrected chi connectivity index (χ0v) is 11.6. The summed E-state index contributed by atoms with van der Waals surface area (Å²) in [6.07, 6.45) is -0.898. The van der Waals surface area contributed by atoms with E-state index in [1.807, 2.05) is 0 Å². The minimum absolute atomic E-state index is 0.229. The minimum atomic E-state index is -1.11. The van der Waals surface area contributed by atoms with Crippen molar-refractivity contribution in [3.05, 3.63) is 29.8 Å². The second-order valence-electron chi connectivity index (χ2n) is 5.03. The van der Waals surface area contributed by atoms with Gasteiger partial charge in [0.25, 0.3) is 0 Å². The van der Waals surface area contributed by atoms with Gasteiger partial charge in [0.05, 0.1) is 6.42 Å². The van der Waals surface area contributed by atoms with E-state index in [0.29, 0.717) is 11.3 Å². The van der Waals surface area contributed by atoms with E-state index in [9.17, 15) is 14.4 Å². The van der Waals surface area contributed by atoms with E-state index in [4.69, 9.17) is 20.7 Å². The first-order valence-corrected chi connectivity index (χ1v) is 6.63. The molecule has 5 N–H and O–H groups in total. The van der Waals surface area contributed by atoms with Gasteiger partial charge in [-0.15, -0.1) is 0 Å². The van der Waals surface area contributed by atoms with Crippen molar-refractivity contribution in [3.63, 3.8) is 0 Å². The van der Waals surface area contributed by atoms with E-state index >= 15 is 0 Å². The van der Waals surface area contributed by atoms with Crippen molar-refractivity contribution in [2.24, 2.45) is 11.7 Å². The summed E-state index contributed by atoms with van der Waals surface area (Å²) in [5, 5.41) is 20.8. The molecule has 0 saturated carbocycles. The Morgan fingerprint density at radius 2 is 1.86 bits per heavy atom. The number of primary amides is 1. The number of carbonyl (C=O) groups excluding carboxylic acids is 1. The van der Waals surface area contributed by atoms with Gasteiger partial charge in [-0.1, -0.05) is 0 Å². The van der Waals surface area contributed by atoms with Gasteiger partial charge in [-0.25, -0.2) is 0 Å². The van der Waals surface area contributed by atoms with Crippen LogP contribution in [0.2, 0.25) is 0 Å². The highest BCUT2D eigenvalue weighted by molar-refractivity contribution is 5.92. The van der Waals surface area contributed by atoms with Crippen molar-refractivity contribution >= 4 is 17.8 Å². The molecular weight excluding hydrogens is 292 g/mol. The van der Waals surface area contributed by atoms with Crippen LogP contribution in [0.5, 0.6) is 5.75 Å². The lowest BCUT2D eigenvalue weighted by Gasteiger charge is -2.21. The van der Waals surface area contributed by atoms with Crippen LogP contribution in [0.3, 0.4) is 0 Å². The summed E-state index contributed by atoms with van der Waals surface area (Å²) in [6.45, 7) is 0.229. The van der Waals surface area contributed by atoms with Crippen LogP contribution >= 0.6 is 0 Å². The molecule has 2 rings (SSSR count). The monoisotopic (exact) mass is 308 g/mol. The van der Waals surface area contributed by atoms with Gasteiger partial charge >= 0.3 is 11.9 Å². The van der Waals surface area contributed by atoms with Crippen molar-refractivity contribution in [2.75, 3.05) is 6.54 Å². The third kappa shape index (κ3) is 3.53. The predicted octanol–water partition coefficient (Wildman–Crippen LogP) is -0.320. The number of nitrogens with two attached hydrogens (primary N) is 1. The summed E-state index contributed by atoms with van der Waals surface area (Å²) in [6, 6.07) is 5.07. The average Bonchev–Trinajstić information content (AvgIpc) is 2.82. The number of aliphatic carboxylic acids is 2. The molecule has 118 valence electrons. The molecule has 1 amide bonds. The summed E-state index contributed by atoms with van der Waals surface area (Å²) >= 11 is 0. The maximum absolute atomic E-state index is 11.1. The SMILES string of the molecule is NC(=O)c1ccc(O[C@@H]2CNC(C(=O)O)C2CC(=O)O)cc1. The number of rotatable bonds is 6. The van der Waals surface area contributed by atoms with Gasteiger partial charge in [0.1, 0.15) is 17.9 Å². The third-order valence-electron chi connectivity index (χ3n) is 3.55. The fraction of sp³-hybridized carbons (Fsp3) is 0.357. The van der Waals surface area contributed by atoms with E-state index < -0.39 is 35.9 Å². The van der Waals surface area contributed by atoms with Gasteiger partial charge in [0, 0.05) is 18.0 Å². The molecule has 1 saturated heterocycles. The molecule has 0 bridgehead atoms. The minimum Gasteiger partial charge on any atom is -0.489 e. The summed E-state index contributed by atoms with van der Waals surface area (Å²) in [7, 11) is 0. The van der Waals surface area contributed by atoms with Gasteiger partial charge in [0.15, 0.2) is 0 Å². The number of nitrogens with one attached hydrogen (secondary N) is 1. The van der Waals surface area contributed by atoms with E-state index in [-0.39, 0.29) is 13.0 Å². The molecular formula is C14H16N2O6. The zero-order chi connectivity index (χ0) is 16.3. The normalized spacial score (nSPS) is 23.9. The summed E-state index contributed by atoms with van der Waals surface area (Å²) in [5.74, 6) is -3.04. The number of hydrogen-bond donors (Lipinski definition) is 4. The van der Waals surface area contributed by atoms with Crippen molar-refractivity contribution in [2.45, 2.75) is 18.6 Å². The molecule has 1 aromatic carbocycles. The van der Waals surface area contributed by atoms with E-state index in [1.54, 1.807) is 0 Å². The quantitative estimate of drug-likeness (QED) is 0.564. The Morgan fingerprint density at radius 1 is 1.23 bits per heavy atom. The molecule has 0 radical (unpaired) electrons. The summed E-state index contributed by atoms with van der Waals surface area (Å²) in [4.78, 5) is 33.1. The van der Waals surface area contributed by atoms with Gasteiger partial charge < -0.3 is 26.0 Å². The molecule has 0 aliphatic carbocycles. The summed E-state index contributed by atoms with van der Waals surface area (Å²) < 4.78 is 5.66. The number of amides is 1. The van der Waals surface area contributed by atoms with Crippen molar-refractivity contribution in [1.82, 2.24) is 5.32 Å². The third-order valence-corrected chi connectivity index (χ3v) is 3.55.